The molecule has 0 aromatic carbocycles. The molecule has 0 N–H and O–H groups in total. The molecule has 1 aromatic heterocycles. The van der Waals surface area contributed by atoms with Crippen LogP contribution in [0.4, 0.5) is 0 Å². The Morgan fingerprint density at radius 3 is 2.43 bits per heavy atom. The summed E-state index contributed by atoms with van der Waals surface area (Å²) in [6.45, 7) is 5.31. The minimum Gasteiger partial charge on any atom is -0.465 e. The maximum Gasteiger partial charge on any atom is 0.246 e. The number of furan rings is 1. The average molecular weight is 336 g/mol. The van der Waals surface area contributed by atoms with E-state index in [1.807, 2.05) is 0 Å². The molecule has 0 saturated carbocycles. The highest BCUT2D eigenvalue weighted by Crippen LogP contribution is 2.30. The minimum atomic E-state index is -3.58. The standard InChI is InChI=1S/C14H22ClNO4S/c1-10-13(8-15)14(11(2)20-10)21(17,18)16(3)9-12-4-6-19-7-5-12/h12H,4-9H2,1-3H3. The van der Waals surface area contributed by atoms with Gasteiger partial charge in [-0.1, -0.05) is 0 Å². The Kier molecular flexibility index (Phi) is 5.35. The summed E-state index contributed by atoms with van der Waals surface area (Å²) in [5.74, 6) is 1.44. The predicted molar refractivity (Wildman–Crippen MR) is 81.1 cm³/mol. The minimum absolute atomic E-state index is 0.128. The number of ether oxygens (including phenoxy) is 1. The maximum atomic E-state index is 12.8. The fourth-order valence-electron chi connectivity index (χ4n) is 2.75. The Bertz CT molecular complexity index is 590. The van der Waals surface area contributed by atoms with Crippen LogP contribution in [0, 0.1) is 19.8 Å². The molecule has 0 unspecified atom stereocenters. The fraction of sp³-hybridized carbons (Fsp3) is 0.714. The molecule has 1 aromatic rings. The zero-order valence-electron chi connectivity index (χ0n) is 12.7. The number of alkyl halides is 1. The molecule has 0 bridgehead atoms. The van der Waals surface area contributed by atoms with Crippen LogP contribution in [0.2, 0.25) is 0 Å². The third-order valence-electron chi connectivity index (χ3n) is 3.98. The SMILES string of the molecule is Cc1oc(C)c(S(=O)(=O)N(C)CC2CCOCC2)c1CCl. The van der Waals surface area contributed by atoms with Gasteiger partial charge in [-0.25, -0.2) is 12.7 Å². The van der Waals surface area contributed by atoms with Gasteiger partial charge < -0.3 is 9.15 Å². The third kappa shape index (κ3) is 3.44. The van der Waals surface area contributed by atoms with Gasteiger partial charge in [0.1, 0.15) is 16.4 Å². The van der Waals surface area contributed by atoms with Crippen LogP contribution in [0.15, 0.2) is 9.31 Å². The summed E-state index contributed by atoms with van der Waals surface area (Å²) in [6, 6.07) is 0. The number of sulfonamides is 1. The molecule has 0 radical (unpaired) electrons. The molecule has 120 valence electrons. The molecular formula is C14H22ClNO4S. The molecule has 2 rings (SSSR count). The van der Waals surface area contributed by atoms with E-state index in [-0.39, 0.29) is 10.8 Å². The van der Waals surface area contributed by atoms with E-state index in [4.69, 9.17) is 20.8 Å². The number of aryl methyl sites for hydroxylation is 2. The molecule has 1 aliphatic rings. The summed E-state index contributed by atoms with van der Waals surface area (Å²) in [5, 5.41) is 0. The van der Waals surface area contributed by atoms with Crippen molar-refractivity contribution in [2.45, 2.75) is 37.5 Å². The number of rotatable bonds is 5. The predicted octanol–water partition coefficient (Wildman–Crippen LogP) is 2.68. The second kappa shape index (κ2) is 6.69. The zero-order chi connectivity index (χ0) is 15.6. The maximum absolute atomic E-state index is 12.8. The van der Waals surface area contributed by atoms with E-state index in [1.165, 1.54) is 4.31 Å². The number of hydrogen-bond acceptors (Lipinski definition) is 4. The van der Waals surface area contributed by atoms with Gasteiger partial charge in [-0.3, -0.25) is 0 Å². The summed E-state index contributed by atoms with van der Waals surface area (Å²) < 4.78 is 37.8. The lowest BCUT2D eigenvalue weighted by Crippen LogP contribution is -2.34. The fourth-order valence-corrected chi connectivity index (χ4v) is 4.80. The van der Waals surface area contributed by atoms with E-state index in [1.54, 1.807) is 20.9 Å². The van der Waals surface area contributed by atoms with Crippen molar-refractivity contribution in [1.82, 2.24) is 4.31 Å². The van der Waals surface area contributed by atoms with Crippen LogP contribution < -0.4 is 0 Å². The van der Waals surface area contributed by atoms with Crippen molar-refractivity contribution in [1.29, 1.82) is 0 Å². The summed E-state index contributed by atoms with van der Waals surface area (Å²) in [4.78, 5) is 0.226. The Hall–Kier alpha value is -0.560. The van der Waals surface area contributed by atoms with Crippen LogP contribution >= 0.6 is 11.6 Å². The van der Waals surface area contributed by atoms with Crippen molar-refractivity contribution in [2.75, 3.05) is 26.8 Å². The highest BCUT2D eigenvalue weighted by atomic mass is 35.5. The molecule has 7 heteroatoms. The molecule has 0 atom stereocenters. The quantitative estimate of drug-likeness (QED) is 0.776. The van der Waals surface area contributed by atoms with Crippen LogP contribution in [0.3, 0.4) is 0 Å². The van der Waals surface area contributed by atoms with Gasteiger partial charge in [-0.2, -0.15) is 0 Å². The van der Waals surface area contributed by atoms with E-state index in [9.17, 15) is 8.42 Å². The van der Waals surface area contributed by atoms with Gasteiger partial charge in [0, 0.05) is 32.4 Å². The van der Waals surface area contributed by atoms with Gasteiger partial charge in [-0.05, 0) is 32.6 Å². The summed E-state index contributed by atoms with van der Waals surface area (Å²) in [7, 11) is -1.96. The highest BCUT2D eigenvalue weighted by Gasteiger charge is 2.31. The van der Waals surface area contributed by atoms with E-state index in [0.717, 1.165) is 12.8 Å². The zero-order valence-corrected chi connectivity index (χ0v) is 14.3. The number of halogens is 1. The topological polar surface area (TPSA) is 59.8 Å². The lowest BCUT2D eigenvalue weighted by molar-refractivity contribution is 0.0620. The molecule has 0 spiro atoms. The van der Waals surface area contributed by atoms with Crippen LogP contribution in [0.1, 0.15) is 29.9 Å². The lowest BCUT2D eigenvalue weighted by Gasteiger charge is -2.26. The van der Waals surface area contributed by atoms with Crippen LogP contribution in [0.5, 0.6) is 0 Å². The van der Waals surface area contributed by atoms with Crippen molar-refractivity contribution >= 4 is 21.6 Å². The monoisotopic (exact) mass is 335 g/mol. The average Bonchev–Trinajstić information content (AvgIpc) is 2.74. The van der Waals surface area contributed by atoms with Gasteiger partial charge in [0.05, 0.1) is 5.88 Å². The van der Waals surface area contributed by atoms with Crippen molar-refractivity contribution in [2.24, 2.45) is 5.92 Å². The molecule has 1 fully saturated rings. The van der Waals surface area contributed by atoms with Crippen LogP contribution in [-0.4, -0.2) is 39.5 Å². The van der Waals surface area contributed by atoms with Crippen LogP contribution in [0.25, 0.3) is 0 Å². The van der Waals surface area contributed by atoms with Crippen molar-refractivity contribution in [3.63, 3.8) is 0 Å². The first-order valence-electron chi connectivity index (χ1n) is 7.06. The van der Waals surface area contributed by atoms with Gasteiger partial charge in [0.15, 0.2) is 0 Å². The molecule has 1 aliphatic heterocycles. The smallest absolute Gasteiger partial charge is 0.246 e. The number of nitrogens with zero attached hydrogens (tertiary/aromatic N) is 1. The summed E-state index contributed by atoms with van der Waals surface area (Å²) in [6.07, 6.45) is 1.79. The van der Waals surface area contributed by atoms with Gasteiger partial charge in [0.2, 0.25) is 10.0 Å². The Morgan fingerprint density at radius 1 is 1.24 bits per heavy atom. The molecule has 1 saturated heterocycles. The van der Waals surface area contributed by atoms with Gasteiger partial charge in [-0.15, -0.1) is 11.6 Å². The molecule has 0 amide bonds. The van der Waals surface area contributed by atoms with Gasteiger partial charge >= 0.3 is 0 Å². The lowest BCUT2D eigenvalue weighted by atomic mass is 10.0. The van der Waals surface area contributed by atoms with Crippen molar-refractivity contribution in [3.8, 4) is 0 Å². The molecule has 21 heavy (non-hydrogen) atoms. The third-order valence-corrected chi connectivity index (χ3v) is 6.27. The Balaban J connectivity index is 2.24. The van der Waals surface area contributed by atoms with Crippen molar-refractivity contribution < 1.29 is 17.6 Å². The molecule has 2 heterocycles. The molecule has 5 nitrogen and oxygen atoms in total. The molecule has 0 aliphatic carbocycles. The normalized spacial score (nSPS) is 17.6. The van der Waals surface area contributed by atoms with Gasteiger partial charge in [0.25, 0.3) is 0 Å². The summed E-state index contributed by atoms with van der Waals surface area (Å²) >= 11 is 5.89. The second-order valence-electron chi connectivity index (χ2n) is 5.50. The first-order valence-corrected chi connectivity index (χ1v) is 9.04. The van der Waals surface area contributed by atoms with E-state index in [2.05, 4.69) is 0 Å². The Morgan fingerprint density at radius 2 is 1.86 bits per heavy atom. The Labute approximate surface area is 131 Å². The first-order chi connectivity index (χ1) is 9.87. The number of hydrogen-bond donors (Lipinski definition) is 0. The largest absolute Gasteiger partial charge is 0.465 e. The van der Waals surface area contributed by atoms with E-state index in [0.29, 0.717) is 42.8 Å². The highest BCUT2D eigenvalue weighted by molar-refractivity contribution is 7.89. The summed E-state index contributed by atoms with van der Waals surface area (Å²) in [5.41, 5.74) is 0.563. The van der Waals surface area contributed by atoms with Crippen molar-refractivity contribution in [3.05, 3.63) is 17.1 Å². The first kappa shape index (κ1) is 16.8. The second-order valence-corrected chi connectivity index (χ2v) is 7.75. The van der Waals surface area contributed by atoms with E-state index >= 15 is 0 Å². The van der Waals surface area contributed by atoms with E-state index < -0.39 is 10.0 Å². The van der Waals surface area contributed by atoms with Crippen LogP contribution in [-0.2, 0) is 20.6 Å². The molecular weight excluding hydrogens is 314 g/mol.